The molecule has 0 N–H and O–H groups in total. The highest BCUT2D eigenvalue weighted by molar-refractivity contribution is 8.00. The Morgan fingerprint density at radius 2 is 1.76 bits per heavy atom. The van der Waals surface area contributed by atoms with Gasteiger partial charge in [0.2, 0.25) is 0 Å². The Bertz CT molecular complexity index is 417. The first-order valence-electron chi connectivity index (χ1n) is 4.99. The molecule has 0 aromatic carbocycles. The van der Waals surface area contributed by atoms with Gasteiger partial charge in [-0.05, 0) is 13.3 Å². The third-order valence-electron chi connectivity index (χ3n) is 2.53. The van der Waals surface area contributed by atoms with Crippen molar-refractivity contribution in [2.24, 2.45) is 0 Å². The molecule has 7 heteroatoms. The summed E-state index contributed by atoms with van der Waals surface area (Å²) in [5, 5.41) is -0.222. The summed E-state index contributed by atoms with van der Waals surface area (Å²) in [5.41, 5.74) is 0. The summed E-state index contributed by atoms with van der Waals surface area (Å²) < 4.78 is 57.6. The largest absolute Gasteiger partial charge is 0.377 e. The molecule has 1 aliphatic heterocycles. The minimum Gasteiger partial charge on any atom is -0.377 e. The molecule has 1 aromatic rings. The van der Waals surface area contributed by atoms with Crippen LogP contribution >= 0.6 is 11.8 Å². The summed E-state index contributed by atoms with van der Waals surface area (Å²) >= 11 is 0.746. The first-order chi connectivity index (χ1) is 8.00. The third-order valence-corrected chi connectivity index (χ3v) is 4.05. The first kappa shape index (κ1) is 12.6. The van der Waals surface area contributed by atoms with Gasteiger partial charge in [0, 0.05) is 11.9 Å². The molecule has 0 spiro atoms. The smallest absolute Gasteiger partial charge is 0.252 e. The second-order valence-electron chi connectivity index (χ2n) is 3.67. The van der Waals surface area contributed by atoms with Crippen LogP contribution in [0.3, 0.4) is 0 Å². The van der Waals surface area contributed by atoms with Crippen LogP contribution in [0, 0.1) is 23.5 Å². The van der Waals surface area contributed by atoms with Gasteiger partial charge in [-0.1, -0.05) is 0 Å². The molecule has 94 valence electrons. The minimum absolute atomic E-state index is 0.210. The zero-order valence-electron chi connectivity index (χ0n) is 8.84. The number of hydrogen-bond acceptors (Lipinski definition) is 3. The lowest BCUT2D eigenvalue weighted by Crippen LogP contribution is -2.14. The van der Waals surface area contributed by atoms with E-state index < -0.39 is 28.4 Å². The lowest BCUT2D eigenvalue weighted by atomic mass is 10.3. The highest BCUT2D eigenvalue weighted by atomic mass is 32.2. The highest BCUT2D eigenvalue weighted by Gasteiger charge is 2.30. The fourth-order valence-electron chi connectivity index (χ4n) is 1.59. The predicted molar refractivity (Wildman–Crippen MR) is 53.7 cm³/mol. The van der Waals surface area contributed by atoms with E-state index in [1.165, 1.54) is 0 Å². The number of aromatic nitrogens is 1. The van der Waals surface area contributed by atoms with Crippen molar-refractivity contribution in [2.45, 2.75) is 29.6 Å². The molecule has 1 aromatic heterocycles. The number of pyridine rings is 1. The van der Waals surface area contributed by atoms with Crippen molar-refractivity contribution < 1.29 is 22.3 Å². The normalized spacial score (nSPS) is 24.3. The van der Waals surface area contributed by atoms with Crippen molar-refractivity contribution >= 4 is 11.8 Å². The molecule has 1 saturated heterocycles. The van der Waals surface area contributed by atoms with Gasteiger partial charge in [-0.15, -0.1) is 11.8 Å². The van der Waals surface area contributed by atoms with Crippen molar-refractivity contribution in [3.05, 3.63) is 23.5 Å². The van der Waals surface area contributed by atoms with Crippen molar-refractivity contribution in [3.8, 4) is 0 Å². The number of hydrogen-bond donors (Lipinski definition) is 0. The van der Waals surface area contributed by atoms with Crippen LogP contribution in [0.15, 0.2) is 4.90 Å². The second kappa shape index (κ2) is 4.81. The Kier molecular flexibility index (Phi) is 3.58. The predicted octanol–water partition coefficient (Wildman–Crippen LogP) is 2.91. The highest BCUT2D eigenvalue weighted by Crippen LogP contribution is 2.36. The van der Waals surface area contributed by atoms with E-state index in [2.05, 4.69) is 4.98 Å². The molecule has 1 fully saturated rings. The molecule has 0 amide bonds. The summed E-state index contributed by atoms with van der Waals surface area (Å²) in [5.74, 6) is -6.16. The fourth-order valence-corrected chi connectivity index (χ4v) is 2.75. The Balaban J connectivity index is 2.31. The number of rotatable bonds is 2. The molecule has 2 nitrogen and oxygen atoms in total. The van der Waals surface area contributed by atoms with E-state index >= 15 is 0 Å². The summed E-state index contributed by atoms with van der Waals surface area (Å²) in [7, 11) is 0. The van der Waals surface area contributed by atoms with E-state index in [0.717, 1.165) is 11.8 Å². The van der Waals surface area contributed by atoms with Gasteiger partial charge >= 0.3 is 0 Å². The Morgan fingerprint density at radius 3 is 2.24 bits per heavy atom. The lowest BCUT2D eigenvalue weighted by Gasteiger charge is -2.14. The van der Waals surface area contributed by atoms with Crippen molar-refractivity contribution in [2.75, 3.05) is 6.61 Å². The molecule has 2 rings (SSSR count). The number of thioether (sulfide) groups is 1. The average Bonchev–Trinajstić information content (AvgIpc) is 2.68. The third kappa shape index (κ3) is 2.40. The Labute approximate surface area is 99.4 Å². The van der Waals surface area contributed by atoms with Crippen LogP contribution in [-0.4, -0.2) is 22.9 Å². The van der Waals surface area contributed by atoms with Crippen molar-refractivity contribution in [3.63, 3.8) is 0 Å². The number of halogens is 4. The van der Waals surface area contributed by atoms with E-state index in [-0.39, 0.29) is 11.4 Å². The van der Waals surface area contributed by atoms with E-state index in [4.69, 9.17) is 4.74 Å². The maximum Gasteiger partial charge on any atom is 0.252 e. The van der Waals surface area contributed by atoms with Gasteiger partial charge in [0.25, 0.3) is 11.9 Å². The van der Waals surface area contributed by atoms with Gasteiger partial charge < -0.3 is 4.74 Å². The standard InChI is InChI=1S/C10H9F4NOS/c1-4-5(2-3-16-4)17-8-6(11)9(13)15-10(14)7(8)12/h4-5H,2-3H2,1H3. The van der Waals surface area contributed by atoms with Gasteiger partial charge in [0.15, 0.2) is 11.6 Å². The Morgan fingerprint density at radius 1 is 1.18 bits per heavy atom. The molecule has 2 unspecified atom stereocenters. The van der Waals surface area contributed by atoms with Gasteiger partial charge in [0.05, 0.1) is 11.0 Å². The zero-order chi connectivity index (χ0) is 12.6. The van der Waals surface area contributed by atoms with E-state index in [9.17, 15) is 17.6 Å². The van der Waals surface area contributed by atoms with Crippen LogP contribution in [0.2, 0.25) is 0 Å². The van der Waals surface area contributed by atoms with Gasteiger partial charge in [-0.3, -0.25) is 0 Å². The Hall–Kier alpha value is -0.820. The van der Waals surface area contributed by atoms with E-state index in [1.54, 1.807) is 6.92 Å². The lowest BCUT2D eigenvalue weighted by molar-refractivity contribution is 0.127. The summed E-state index contributed by atoms with van der Waals surface area (Å²) in [6.07, 6.45) is 0.370. The van der Waals surface area contributed by atoms with Gasteiger partial charge in [0.1, 0.15) is 0 Å². The van der Waals surface area contributed by atoms with Crippen LogP contribution in [0.5, 0.6) is 0 Å². The van der Waals surface area contributed by atoms with Crippen LogP contribution in [-0.2, 0) is 4.74 Å². The molecule has 0 aliphatic carbocycles. The number of nitrogens with zero attached hydrogens (tertiary/aromatic N) is 1. The zero-order valence-corrected chi connectivity index (χ0v) is 9.66. The van der Waals surface area contributed by atoms with Crippen LogP contribution in [0.25, 0.3) is 0 Å². The topological polar surface area (TPSA) is 22.1 Å². The molecule has 0 radical (unpaired) electrons. The van der Waals surface area contributed by atoms with E-state index in [1.807, 2.05) is 0 Å². The summed E-state index contributed by atoms with van der Waals surface area (Å²) in [6, 6.07) is 0. The molecule has 0 saturated carbocycles. The minimum atomic E-state index is -1.63. The maximum absolute atomic E-state index is 13.3. The van der Waals surface area contributed by atoms with E-state index in [0.29, 0.717) is 13.0 Å². The van der Waals surface area contributed by atoms with Gasteiger partial charge in [-0.2, -0.15) is 13.8 Å². The first-order valence-corrected chi connectivity index (χ1v) is 5.87. The molecule has 1 aliphatic rings. The monoisotopic (exact) mass is 267 g/mol. The maximum atomic E-state index is 13.3. The summed E-state index contributed by atoms with van der Waals surface area (Å²) in [6.45, 7) is 2.21. The average molecular weight is 267 g/mol. The van der Waals surface area contributed by atoms with Crippen molar-refractivity contribution in [1.82, 2.24) is 4.98 Å². The van der Waals surface area contributed by atoms with Crippen LogP contribution < -0.4 is 0 Å². The SMILES string of the molecule is CC1OCCC1Sc1c(F)c(F)nc(F)c1F. The molecule has 0 bridgehead atoms. The van der Waals surface area contributed by atoms with Gasteiger partial charge in [-0.25, -0.2) is 8.78 Å². The molecular formula is C10H9F4NOS. The number of ether oxygens (including phenoxy) is 1. The van der Waals surface area contributed by atoms with Crippen molar-refractivity contribution in [1.29, 1.82) is 0 Å². The fraction of sp³-hybridized carbons (Fsp3) is 0.500. The molecule has 2 atom stereocenters. The van der Waals surface area contributed by atoms with Crippen LogP contribution in [0.1, 0.15) is 13.3 Å². The summed E-state index contributed by atoms with van der Waals surface area (Å²) in [4.78, 5) is 1.83. The molecular weight excluding hydrogens is 258 g/mol. The van der Waals surface area contributed by atoms with Crippen LogP contribution in [0.4, 0.5) is 17.6 Å². The molecule has 2 heterocycles. The second-order valence-corrected chi connectivity index (χ2v) is 4.92. The molecule has 17 heavy (non-hydrogen) atoms. The quantitative estimate of drug-likeness (QED) is 0.607.